The van der Waals surface area contributed by atoms with Crippen molar-refractivity contribution in [3.8, 4) is 0 Å². The molecule has 1 aromatic carbocycles. The molecule has 1 aromatic rings. The van der Waals surface area contributed by atoms with E-state index in [2.05, 4.69) is 34.1 Å². The molecule has 2 nitrogen and oxygen atoms in total. The van der Waals surface area contributed by atoms with Crippen molar-refractivity contribution in [2.75, 3.05) is 6.61 Å². The summed E-state index contributed by atoms with van der Waals surface area (Å²) >= 11 is 9.79. The SMILES string of the molecule is CCOC(=O)C(Cl)CCc1ccc(C2CCCCC2)c(Br)c1. The van der Waals surface area contributed by atoms with Crippen LogP contribution in [-0.2, 0) is 16.0 Å². The Morgan fingerprint density at radius 2 is 2.09 bits per heavy atom. The third kappa shape index (κ3) is 4.99. The lowest BCUT2D eigenvalue weighted by Gasteiger charge is -2.23. The summed E-state index contributed by atoms with van der Waals surface area (Å²) in [6.45, 7) is 2.17. The van der Waals surface area contributed by atoms with Crippen LogP contribution in [0.5, 0.6) is 0 Å². The van der Waals surface area contributed by atoms with Crippen LogP contribution >= 0.6 is 27.5 Å². The molecule has 0 saturated heterocycles. The average molecular weight is 388 g/mol. The van der Waals surface area contributed by atoms with Crippen molar-refractivity contribution in [3.05, 3.63) is 33.8 Å². The summed E-state index contributed by atoms with van der Waals surface area (Å²) in [6, 6.07) is 6.59. The van der Waals surface area contributed by atoms with Crippen LogP contribution in [-0.4, -0.2) is 18.0 Å². The number of halogens is 2. The Kier molecular flexibility index (Phi) is 7.23. The van der Waals surface area contributed by atoms with E-state index in [0.29, 0.717) is 18.9 Å². The van der Waals surface area contributed by atoms with Crippen LogP contribution in [0.15, 0.2) is 22.7 Å². The Balaban J connectivity index is 1.93. The molecule has 122 valence electrons. The van der Waals surface area contributed by atoms with Gasteiger partial charge in [0, 0.05) is 4.47 Å². The fourth-order valence-electron chi connectivity index (χ4n) is 3.11. The van der Waals surface area contributed by atoms with Crippen LogP contribution in [0.25, 0.3) is 0 Å². The highest BCUT2D eigenvalue weighted by Gasteiger charge is 2.19. The van der Waals surface area contributed by atoms with Gasteiger partial charge in [0.2, 0.25) is 0 Å². The monoisotopic (exact) mass is 386 g/mol. The smallest absolute Gasteiger partial charge is 0.324 e. The average Bonchev–Trinajstić information content (AvgIpc) is 2.53. The van der Waals surface area contributed by atoms with E-state index in [1.807, 2.05) is 0 Å². The van der Waals surface area contributed by atoms with E-state index in [1.165, 1.54) is 47.7 Å². The highest BCUT2D eigenvalue weighted by atomic mass is 79.9. The van der Waals surface area contributed by atoms with Gasteiger partial charge in [0.05, 0.1) is 6.61 Å². The van der Waals surface area contributed by atoms with Gasteiger partial charge < -0.3 is 4.74 Å². The van der Waals surface area contributed by atoms with Crippen molar-refractivity contribution in [1.29, 1.82) is 0 Å². The molecule has 1 unspecified atom stereocenters. The normalized spacial score (nSPS) is 17.2. The van der Waals surface area contributed by atoms with Crippen LogP contribution in [0.3, 0.4) is 0 Å². The number of aryl methyl sites for hydroxylation is 1. The topological polar surface area (TPSA) is 26.3 Å². The van der Waals surface area contributed by atoms with E-state index in [0.717, 1.165) is 6.42 Å². The Bertz CT molecular complexity index is 498. The molecule has 0 amide bonds. The zero-order chi connectivity index (χ0) is 15.9. The lowest BCUT2D eigenvalue weighted by molar-refractivity contribution is -0.142. The Morgan fingerprint density at radius 1 is 1.36 bits per heavy atom. The lowest BCUT2D eigenvalue weighted by atomic mass is 9.84. The van der Waals surface area contributed by atoms with Crippen molar-refractivity contribution in [2.45, 2.75) is 63.2 Å². The summed E-state index contributed by atoms with van der Waals surface area (Å²) < 4.78 is 6.13. The maximum Gasteiger partial charge on any atom is 0.324 e. The van der Waals surface area contributed by atoms with Crippen molar-refractivity contribution in [1.82, 2.24) is 0 Å². The molecule has 0 heterocycles. The number of carbonyl (C=O) groups excluding carboxylic acids is 1. The van der Waals surface area contributed by atoms with E-state index >= 15 is 0 Å². The van der Waals surface area contributed by atoms with E-state index in [1.54, 1.807) is 6.92 Å². The van der Waals surface area contributed by atoms with Crippen LogP contribution < -0.4 is 0 Å². The summed E-state index contributed by atoms with van der Waals surface area (Å²) in [4.78, 5) is 11.5. The fraction of sp³-hybridized carbons (Fsp3) is 0.611. The molecule has 1 aliphatic carbocycles. The van der Waals surface area contributed by atoms with Crippen LogP contribution in [0, 0.1) is 0 Å². The highest BCUT2D eigenvalue weighted by molar-refractivity contribution is 9.10. The minimum absolute atomic E-state index is 0.318. The number of alkyl halides is 1. The molecule has 1 atom stereocenters. The Hall–Kier alpha value is -0.540. The molecule has 1 fully saturated rings. The molecule has 0 aromatic heterocycles. The molecule has 0 spiro atoms. The largest absolute Gasteiger partial charge is 0.465 e. The van der Waals surface area contributed by atoms with E-state index in [4.69, 9.17) is 16.3 Å². The Labute approximate surface area is 146 Å². The van der Waals surface area contributed by atoms with Crippen LogP contribution in [0.2, 0.25) is 0 Å². The number of esters is 1. The minimum Gasteiger partial charge on any atom is -0.465 e. The van der Waals surface area contributed by atoms with Crippen LogP contribution in [0.1, 0.15) is 62.5 Å². The van der Waals surface area contributed by atoms with Crippen molar-refractivity contribution in [2.24, 2.45) is 0 Å². The van der Waals surface area contributed by atoms with Crippen molar-refractivity contribution in [3.63, 3.8) is 0 Å². The second kappa shape index (κ2) is 8.93. The molecule has 0 radical (unpaired) electrons. The summed E-state index contributed by atoms with van der Waals surface area (Å²) in [6.07, 6.45) is 8.04. The maximum absolute atomic E-state index is 11.5. The van der Waals surface area contributed by atoms with Gasteiger partial charge in [-0.05, 0) is 55.7 Å². The first-order valence-electron chi connectivity index (χ1n) is 8.20. The van der Waals surface area contributed by atoms with E-state index in [-0.39, 0.29) is 5.97 Å². The van der Waals surface area contributed by atoms with Gasteiger partial charge >= 0.3 is 5.97 Å². The van der Waals surface area contributed by atoms with Gasteiger partial charge in [-0.2, -0.15) is 0 Å². The van der Waals surface area contributed by atoms with Gasteiger partial charge in [0.25, 0.3) is 0 Å². The van der Waals surface area contributed by atoms with Gasteiger partial charge in [0.15, 0.2) is 0 Å². The molecular formula is C18H24BrClO2. The number of hydrogen-bond donors (Lipinski definition) is 0. The number of rotatable bonds is 6. The van der Waals surface area contributed by atoms with Crippen molar-refractivity contribution >= 4 is 33.5 Å². The quantitative estimate of drug-likeness (QED) is 0.469. The van der Waals surface area contributed by atoms with Gasteiger partial charge in [-0.1, -0.05) is 47.3 Å². The number of benzene rings is 1. The molecule has 4 heteroatoms. The highest BCUT2D eigenvalue weighted by Crippen LogP contribution is 2.36. The van der Waals surface area contributed by atoms with Gasteiger partial charge in [0.1, 0.15) is 5.38 Å². The first kappa shape index (κ1) is 17.8. The summed E-state index contributed by atoms with van der Waals surface area (Å²) in [5, 5.41) is -0.559. The number of carbonyl (C=O) groups is 1. The predicted molar refractivity (Wildman–Crippen MR) is 94.6 cm³/mol. The summed E-state index contributed by atoms with van der Waals surface area (Å²) in [5.41, 5.74) is 2.64. The van der Waals surface area contributed by atoms with E-state index < -0.39 is 5.38 Å². The summed E-state index contributed by atoms with van der Waals surface area (Å²) in [7, 11) is 0. The molecular weight excluding hydrogens is 364 g/mol. The van der Waals surface area contributed by atoms with Gasteiger partial charge in [-0.25, -0.2) is 0 Å². The number of ether oxygens (including phenoxy) is 1. The third-order valence-corrected chi connectivity index (χ3v) is 5.42. The molecule has 0 aliphatic heterocycles. The Morgan fingerprint density at radius 3 is 2.73 bits per heavy atom. The van der Waals surface area contributed by atoms with Crippen molar-refractivity contribution < 1.29 is 9.53 Å². The van der Waals surface area contributed by atoms with Crippen LogP contribution in [0.4, 0.5) is 0 Å². The molecule has 0 N–H and O–H groups in total. The zero-order valence-electron chi connectivity index (χ0n) is 13.1. The number of hydrogen-bond acceptors (Lipinski definition) is 2. The molecule has 22 heavy (non-hydrogen) atoms. The maximum atomic E-state index is 11.5. The first-order chi connectivity index (χ1) is 10.6. The minimum atomic E-state index is -0.559. The standard InChI is InChI=1S/C18H24BrClO2/c1-2-22-18(21)17(20)11-9-13-8-10-15(16(19)12-13)14-6-4-3-5-7-14/h8,10,12,14,17H,2-7,9,11H2,1H3. The molecule has 1 aliphatic rings. The zero-order valence-corrected chi connectivity index (χ0v) is 15.5. The second-order valence-corrected chi connectivity index (χ2v) is 7.33. The van der Waals surface area contributed by atoms with Gasteiger partial charge in [-0.3, -0.25) is 4.79 Å². The molecule has 2 rings (SSSR count). The second-order valence-electron chi connectivity index (χ2n) is 5.95. The predicted octanol–water partition coefficient (Wildman–Crippen LogP) is 5.60. The van der Waals surface area contributed by atoms with E-state index in [9.17, 15) is 4.79 Å². The fourth-order valence-corrected chi connectivity index (χ4v) is 4.04. The summed E-state index contributed by atoms with van der Waals surface area (Å²) in [5.74, 6) is 0.375. The lowest BCUT2D eigenvalue weighted by Crippen LogP contribution is -2.18. The third-order valence-electron chi connectivity index (χ3n) is 4.34. The molecule has 0 bridgehead atoms. The first-order valence-corrected chi connectivity index (χ1v) is 9.43. The molecule has 1 saturated carbocycles. The van der Waals surface area contributed by atoms with Gasteiger partial charge in [-0.15, -0.1) is 11.6 Å².